The van der Waals surface area contributed by atoms with E-state index in [-0.39, 0.29) is 0 Å². The van der Waals surface area contributed by atoms with E-state index in [4.69, 9.17) is 4.74 Å². The number of rotatable bonds is 1. The van der Waals surface area contributed by atoms with E-state index in [1.165, 1.54) is 49.8 Å². The Kier molecular flexibility index (Phi) is 3.38. The molecule has 0 amide bonds. The highest BCUT2D eigenvalue weighted by molar-refractivity contribution is 5.93. The fourth-order valence-electron chi connectivity index (χ4n) is 4.08. The minimum atomic E-state index is 0.997. The minimum absolute atomic E-state index is 0.997. The Hall–Kier alpha value is -2.35. The molecule has 24 heavy (non-hydrogen) atoms. The second-order valence-electron chi connectivity index (χ2n) is 7.02. The first kappa shape index (κ1) is 15.2. The van der Waals surface area contributed by atoms with Crippen LogP contribution in [0.15, 0.2) is 30.5 Å². The van der Waals surface area contributed by atoms with Gasteiger partial charge in [-0.15, -0.1) is 0 Å². The zero-order chi connectivity index (χ0) is 17.0. The van der Waals surface area contributed by atoms with Crippen molar-refractivity contribution in [2.75, 3.05) is 7.11 Å². The van der Waals surface area contributed by atoms with E-state index in [1.54, 1.807) is 7.11 Å². The highest BCUT2D eigenvalue weighted by Crippen LogP contribution is 2.36. The molecule has 0 saturated carbocycles. The molecule has 0 saturated heterocycles. The summed E-state index contributed by atoms with van der Waals surface area (Å²) in [5.41, 5.74) is 9.50. The molecule has 0 spiro atoms. The van der Waals surface area contributed by atoms with Gasteiger partial charge in [0.2, 0.25) is 5.69 Å². The topological polar surface area (TPSA) is 13.1 Å². The smallest absolute Gasteiger partial charge is 0.216 e. The number of methoxy groups -OCH3 is 1. The van der Waals surface area contributed by atoms with Gasteiger partial charge in [-0.2, -0.15) is 4.57 Å². The second-order valence-corrected chi connectivity index (χ2v) is 7.02. The maximum Gasteiger partial charge on any atom is 0.216 e. The molecule has 2 nitrogen and oxygen atoms in total. The van der Waals surface area contributed by atoms with Gasteiger partial charge in [0, 0.05) is 17.4 Å². The third-order valence-electron chi connectivity index (χ3n) is 5.53. The van der Waals surface area contributed by atoms with E-state index in [1.807, 2.05) is 0 Å². The summed E-state index contributed by atoms with van der Waals surface area (Å²) in [6, 6.07) is 9.13. The van der Waals surface area contributed by atoms with Crippen LogP contribution in [0.5, 0.6) is 5.75 Å². The zero-order valence-corrected chi connectivity index (χ0v) is 15.2. The van der Waals surface area contributed by atoms with E-state index in [0.29, 0.717) is 0 Å². The molecule has 0 radical (unpaired) electrons. The molecular formula is C22H24NO+. The summed E-state index contributed by atoms with van der Waals surface area (Å²) in [7, 11) is 1.77. The molecule has 1 aliphatic heterocycles. The van der Waals surface area contributed by atoms with Crippen molar-refractivity contribution >= 4 is 10.8 Å². The average Bonchev–Trinajstić information content (AvgIpc) is 2.56. The molecule has 1 aliphatic rings. The van der Waals surface area contributed by atoms with Crippen molar-refractivity contribution in [2.45, 2.75) is 40.7 Å². The quantitative estimate of drug-likeness (QED) is 0.598. The number of aryl methyl sites for hydroxylation is 6. The van der Waals surface area contributed by atoms with Gasteiger partial charge in [0.1, 0.15) is 5.75 Å². The summed E-state index contributed by atoms with van der Waals surface area (Å²) >= 11 is 0. The number of ether oxygens (including phenoxy) is 1. The molecule has 0 fully saturated rings. The van der Waals surface area contributed by atoms with E-state index in [9.17, 15) is 0 Å². The number of aromatic nitrogens is 1. The van der Waals surface area contributed by atoms with E-state index >= 15 is 0 Å². The predicted octanol–water partition coefficient (Wildman–Crippen LogP) is 4.59. The zero-order valence-electron chi connectivity index (χ0n) is 15.2. The summed E-state index contributed by atoms with van der Waals surface area (Å²) < 4.78 is 8.11. The molecule has 0 N–H and O–H groups in total. The Balaban J connectivity index is 2.09. The Morgan fingerprint density at radius 2 is 1.67 bits per heavy atom. The first-order valence-corrected chi connectivity index (χ1v) is 8.62. The Labute approximate surface area is 143 Å². The van der Waals surface area contributed by atoms with Crippen molar-refractivity contribution in [3.63, 3.8) is 0 Å². The Bertz CT molecular complexity index is 985. The fraction of sp³-hybridized carbons (Fsp3) is 0.318. The summed E-state index contributed by atoms with van der Waals surface area (Å²) in [6.45, 7) is 9.79. The van der Waals surface area contributed by atoms with Crippen molar-refractivity contribution in [3.8, 4) is 17.0 Å². The highest BCUT2D eigenvalue weighted by Gasteiger charge is 2.28. The second kappa shape index (κ2) is 5.34. The van der Waals surface area contributed by atoms with Crippen molar-refractivity contribution in [2.24, 2.45) is 0 Å². The van der Waals surface area contributed by atoms with E-state index in [2.05, 4.69) is 62.7 Å². The van der Waals surface area contributed by atoms with Gasteiger partial charge in [-0.05, 0) is 56.0 Å². The van der Waals surface area contributed by atoms with Crippen LogP contribution >= 0.6 is 0 Å². The van der Waals surface area contributed by atoms with Crippen LogP contribution in [0.2, 0.25) is 0 Å². The molecule has 3 aromatic rings. The molecule has 0 unspecified atom stereocenters. The number of hydrogen-bond donors (Lipinski definition) is 0. The highest BCUT2D eigenvalue weighted by atomic mass is 16.5. The normalized spacial score (nSPS) is 12.9. The molecule has 0 bridgehead atoms. The Morgan fingerprint density at radius 1 is 0.917 bits per heavy atom. The van der Waals surface area contributed by atoms with Crippen LogP contribution in [0.3, 0.4) is 0 Å². The number of fused-ring (bicyclic) bond motifs is 4. The number of pyridine rings is 1. The molecule has 0 aliphatic carbocycles. The lowest BCUT2D eigenvalue weighted by molar-refractivity contribution is -0.686. The molecule has 2 heterocycles. The molecule has 1 aromatic heterocycles. The van der Waals surface area contributed by atoms with E-state index < -0.39 is 0 Å². The number of benzene rings is 2. The van der Waals surface area contributed by atoms with Crippen LogP contribution in [-0.2, 0) is 13.0 Å². The lowest BCUT2D eigenvalue weighted by Gasteiger charge is -2.20. The largest absolute Gasteiger partial charge is 0.496 e. The van der Waals surface area contributed by atoms with Crippen LogP contribution in [0.1, 0.15) is 27.8 Å². The van der Waals surface area contributed by atoms with E-state index in [0.717, 1.165) is 18.7 Å². The average molecular weight is 318 g/mol. The van der Waals surface area contributed by atoms with Crippen molar-refractivity contribution in [1.29, 1.82) is 0 Å². The monoisotopic (exact) mass is 318 g/mol. The molecule has 2 heteroatoms. The van der Waals surface area contributed by atoms with Crippen molar-refractivity contribution in [1.82, 2.24) is 0 Å². The molecule has 2 aromatic carbocycles. The lowest BCUT2D eigenvalue weighted by atomic mass is 9.89. The predicted molar refractivity (Wildman–Crippen MR) is 98.8 cm³/mol. The maximum atomic E-state index is 5.70. The van der Waals surface area contributed by atoms with Gasteiger partial charge in [-0.3, -0.25) is 0 Å². The molecule has 4 rings (SSSR count). The van der Waals surface area contributed by atoms with Crippen LogP contribution in [0, 0.1) is 27.7 Å². The Morgan fingerprint density at radius 3 is 2.42 bits per heavy atom. The standard InChI is InChI=1S/C22H24NO/c1-13-6-7-18-16(4)21-19-11-15(3)14(2)10-17(19)8-9-23(21)12-20(18)22(13)24-5/h6-7,10-12H,8-9H2,1-5H3/q+1. The summed E-state index contributed by atoms with van der Waals surface area (Å²) in [4.78, 5) is 0. The molecule has 122 valence electrons. The molecule has 0 atom stereocenters. The summed E-state index contributed by atoms with van der Waals surface area (Å²) in [5, 5.41) is 2.50. The SMILES string of the molecule is COc1c(C)ccc2c(C)c3[n+](cc12)CCc1cc(C)c(C)cc1-3. The van der Waals surface area contributed by atoms with Gasteiger partial charge in [0.15, 0.2) is 12.7 Å². The first-order valence-electron chi connectivity index (χ1n) is 8.62. The lowest BCUT2D eigenvalue weighted by Crippen LogP contribution is -2.41. The van der Waals surface area contributed by atoms with Gasteiger partial charge < -0.3 is 4.74 Å². The van der Waals surface area contributed by atoms with Gasteiger partial charge in [-0.1, -0.05) is 18.2 Å². The van der Waals surface area contributed by atoms with Crippen molar-refractivity contribution < 1.29 is 9.30 Å². The maximum absolute atomic E-state index is 5.70. The minimum Gasteiger partial charge on any atom is -0.496 e. The number of hydrogen-bond acceptors (Lipinski definition) is 1. The van der Waals surface area contributed by atoms with Gasteiger partial charge in [-0.25, -0.2) is 0 Å². The third-order valence-corrected chi connectivity index (χ3v) is 5.53. The van der Waals surface area contributed by atoms with Crippen LogP contribution in [-0.4, -0.2) is 7.11 Å². The van der Waals surface area contributed by atoms with Crippen LogP contribution in [0.25, 0.3) is 22.0 Å². The fourth-order valence-corrected chi connectivity index (χ4v) is 4.08. The van der Waals surface area contributed by atoms with Gasteiger partial charge in [0.05, 0.1) is 18.1 Å². The van der Waals surface area contributed by atoms with Gasteiger partial charge >= 0.3 is 0 Å². The third kappa shape index (κ3) is 2.06. The summed E-state index contributed by atoms with van der Waals surface area (Å²) in [5.74, 6) is 0.997. The van der Waals surface area contributed by atoms with Crippen molar-refractivity contribution in [3.05, 3.63) is 58.3 Å². The van der Waals surface area contributed by atoms with Crippen LogP contribution in [0.4, 0.5) is 0 Å². The van der Waals surface area contributed by atoms with Crippen LogP contribution < -0.4 is 9.30 Å². The summed E-state index contributed by atoms with van der Waals surface area (Å²) in [6.07, 6.45) is 3.37. The van der Waals surface area contributed by atoms with Gasteiger partial charge in [0.25, 0.3) is 0 Å². The first-order chi connectivity index (χ1) is 11.5. The number of nitrogens with zero attached hydrogens (tertiary/aromatic N) is 1. The molecular weight excluding hydrogens is 294 g/mol.